The lowest BCUT2D eigenvalue weighted by Crippen LogP contribution is -2.03. The highest BCUT2D eigenvalue weighted by atomic mass is 15.2. The zero-order valence-electron chi connectivity index (χ0n) is 19.9. The van der Waals surface area contributed by atoms with Crippen LogP contribution in [0.1, 0.15) is 24.0 Å². The van der Waals surface area contributed by atoms with Gasteiger partial charge < -0.3 is 10.6 Å². The fraction of sp³-hybridized carbons (Fsp3) is 0.133. The summed E-state index contributed by atoms with van der Waals surface area (Å²) in [6.07, 6.45) is 6.48. The molecule has 0 atom stereocenters. The number of hydrogen-bond acceptors (Lipinski definition) is 6. The van der Waals surface area contributed by atoms with Gasteiger partial charge in [-0.2, -0.15) is 0 Å². The SMILES string of the molecule is c1ccc(-c2cc(Nc3ccc(Nc4ccc(-c5ccc6c(c5)CCCC6)nn4)cc3)ncn2)cc1. The Hall–Kier alpha value is -4.58. The molecule has 0 fully saturated rings. The Balaban J connectivity index is 1.11. The summed E-state index contributed by atoms with van der Waals surface area (Å²) in [7, 11) is 0. The Bertz CT molecular complexity index is 1460. The van der Waals surface area contributed by atoms with Crippen LogP contribution in [0.15, 0.2) is 97.3 Å². The molecule has 1 aliphatic rings. The molecule has 6 heteroatoms. The predicted molar refractivity (Wildman–Crippen MR) is 145 cm³/mol. The second kappa shape index (κ2) is 9.96. The smallest absolute Gasteiger partial charge is 0.153 e. The molecular weight excluding hydrogens is 444 g/mol. The summed E-state index contributed by atoms with van der Waals surface area (Å²) in [5.41, 5.74) is 8.76. The van der Waals surface area contributed by atoms with Gasteiger partial charge in [-0.25, -0.2) is 9.97 Å². The van der Waals surface area contributed by atoms with E-state index in [0.29, 0.717) is 5.82 Å². The third-order valence-electron chi connectivity index (χ3n) is 6.48. The number of anilines is 4. The maximum Gasteiger partial charge on any atom is 0.153 e. The molecular formula is C30H26N6. The van der Waals surface area contributed by atoms with Crippen LogP contribution in [0.5, 0.6) is 0 Å². The molecule has 2 aromatic heterocycles. The molecule has 0 aliphatic heterocycles. The van der Waals surface area contributed by atoms with Gasteiger partial charge in [0.15, 0.2) is 5.82 Å². The summed E-state index contributed by atoms with van der Waals surface area (Å²) in [6, 6.07) is 30.7. The summed E-state index contributed by atoms with van der Waals surface area (Å²) < 4.78 is 0. The Morgan fingerprint density at radius 2 is 1.28 bits per heavy atom. The maximum absolute atomic E-state index is 4.46. The van der Waals surface area contributed by atoms with Gasteiger partial charge >= 0.3 is 0 Å². The van der Waals surface area contributed by atoms with Crippen molar-refractivity contribution in [1.82, 2.24) is 20.2 Å². The maximum atomic E-state index is 4.46. The van der Waals surface area contributed by atoms with Crippen molar-refractivity contribution in [3.8, 4) is 22.5 Å². The van der Waals surface area contributed by atoms with Crippen molar-refractivity contribution in [2.45, 2.75) is 25.7 Å². The molecule has 2 N–H and O–H groups in total. The zero-order valence-corrected chi connectivity index (χ0v) is 19.9. The van der Waals surface area contributed by atoms with E-state index in [9.17, 15) is 0 Å². The van der Waals surface area contributed by atoms with Crippen molar-refractivity contribution in [2.75, 3.05) is 10.6 Å². The number of aromatic nitrogens is 4. The van der Waals surface area contributed by atoms with Crippen LogP contribution in [-0.4, -0.2) is 20.2 Å². The average Bonchev–Trinajstić information content (AvgIpc) is 2.95. The van der Waals surface area contributed by atoms with Gasteiger partial charge in [-0.3, -0.25) is 0 Å². The van der Waals surface area contributed by atoms with E-state index in [4.69, 9.17) is 0 Å². The highest BCUT2D eigenvalue weighted by Gasteiger charge is 2.11. The van der Waals surface area contributed by atoms with Gasteiger partial charge in [0.05, 0.1) is 11.4 Å². The van der Waals surface area contributed by atoms with Gasteiger partial charge in [-0.05, 0) is 79.3 Å². The van der Waals surface area contributed by atoms with Gasteiger partial charge in [-0.1, -0.05) is 42.5 Å². The summed E-state index contributed by atoms with van der Waals surface area (Å²) >= 11 is 0. The van der Waals surface area contributed by atoms with Gasteiger partial charge in [0.25, 0.3) is 0 Å². The van der Waals surface area contributed by atoms with Crippen molar-refractivity contribution in [3.63, 3.8) is 0 Å². The molecule has 176 valence electrons. The lowest BCUT2D eigenvalue weighted by molar-refractivity contribution is 0.686. The monoisotopic (exact) mass is 470 g/mol. The highest BCUT2D eigenvalue weighted by molar-refractivity contribution is 5.68. The fourth-order valence-electron chi connectivity index (χ4n) is 4.57. The van der Waals surface area contributed by atoms with E-state index in [1.165, 1.54) is 30.4 Å². The first-order valence-corrected chi connectivity index (χ1v) is 12.3. The van der Waals surface area contributed by atoms with E-state index in [0.717, 1.165) is 46.1 Å². The van der Waals surface area contributed by atoms with Crippen LogP contribution in [0.4, 0.5) is 23.0 Å². The van der Waals surface area contributed by atoms with E-state index in [1.54, 1.807) is 6.33 Å². The third kappa shape index (κ3) is 4.93. The molecule has 0 unspecified atom stereocenters. The molecule has 5 aromatic rings. The van der Waals surface area contributed by atoms with Crippen molar-refractivity contribution in [2.24, 2.45) is 0 Å². The predicted octanol–water partition coefficient (Wildman–Crippen LogP) is 6.97. The second-order valence-corrected chi connectivity index (χ2v) is 8.98. The average molecular weight is 471 g/mol. The minimum absolute atomic E-state index is 0.709. The van der Waals surface area contributed by atoms with Gasteiger partial charge in [0, 0.05) is 28.6 Å². The van der Waals surface area contributed by atoms with Gasteiger partial charge in [0.2, 0.25) is 0 Å². The fourth-order valence-corrected chi connectivity index (χ4v) is 4.57. The van der Waals surface area contributed by atoms with Crippen molar-refractivity contribution >= 4 is 23.0 Å². The number of fused-ring (bicyclic) bond motifs is 1. The molecule has 0 spiro atoms. The summed E-state index contributed by atoms with van der Waals surface area (Å²) in [5.74, 6) is 1.45. The molecule has 1 aliphatic carbocycles. The quantitative estimate of drug-likeness (QED) is 0.279. The Morgan fingerprint density at radius 1 is 0.528 bits per heavy atom. The number of nitrogens with zero attached hydrogens (tertiary/aromatic N) is 4. The normalized spacial score (nSPS) is 12.6. The summed E-state index contributed by atoms with van der Waals surface area (Å²) in [5, 5.41) is 15.5. The van der Waals surface area contributed by atoms with Crippen molar-refractivity contribution in [3.05, 3.63) is 108 Å². The number of rotatable bonds is 6. The molecule has 0 radical (unpaired) electrons. The first kappa shape index (κ1) is 21.9. The minimum atomic E-state index is 0.709. The van der Waals surface area contributed by atoms with E-state index in [2.05, 4.69) is 49.0 Å². The van der Waals surface area contributed by atoms with Crippen molar-refractivity contribution < 1.29 is 0 Å². The number of hydrogen-bond donors (Lipinski definition) is 2. The van der Waals surface area contributed by atoms with E-state index < -0.39 is 0 Å². The van der Waals surface area contributed by atoms with Crippen LogP contribution >= 0.6 is 0 Å². The standard InChI is InChI=1S/C30H26N6/c1-2-7-22(8-3-1)28-19-30(32-20-31-28)34-26-14-12-25(13-15-26)33-29-17-16-27(35-36-29)24-11-10-21-6-4-5-9-23(21)18-24/h1-3,7-8,10-20H,4-6,9H2,(H,33,36)(H,31,32,34). The number of nitrogens with one attached hydrogen (secondary N) is 2. The van der Waals surface area contributed by atoms with E-state index in [-0.39, 0.29) is 0 Å². The van der Waals surface area contributed by atoms with Crippen LogP contribution in [-0.2, 0) is 12.8 Å². The second-order valence-electron chi connectivity index (χ2n) is 8.98. The molecule has 3 aromatic carbocycles. The molecule has 0 saturated heterocycles. The number of benzene rings is 3. The molecule has 0 bridgehead atoms. The van der Waals surface area contributed by atoms with Gasteiger partial charge in [-0.15, -0.1) is 10.2 Å². The lowest BCUT2D eigenvalue weighted by atomic mass is 9.90. The van der Waals surface area contributed by atoms with Crippen molar-refractivity contribution in [1.29, 1.82) is 0 Å². The van der Waals surface area contributed by atoms with Crippen LogP contribution in [0.2, 0.25) is 0 Å². The molecule has 0 amide bonds. The third-order valence-corrected chi connectivity index (χ3v) is 6.48. The van der Waals surface area contributed by atoms with Crippen LogP contribution in [0, 0.1) is 0 Å². The lowest BCUT2D eigenvalue weighted by Gasteiger charge is -2.16. The Kier molecular flexibility index (Phi) is 6.06. The van der Waals surface area contributed by atoms with Crippen LogP contribution in [0.25, 0.3) is 22.5 Å². The Labute approximate surface area is 210 Å². The van der Waals surface area contributed by atoms with Gasteiger partial charge in [0.1, 0.15) is 12.1 Å². The summed E-state index contributed by atoms with van der Waals surface area (Å²) in [4.78, 5) is 8.73. The van der Waals surface area contributed by atoms with Crippen LogP contribution in [0.3, 0.4) is 0 Å². The molecule has 2 heterocycles. The zero-order chi connectivity index (χ0) is 24.2. The van der Waals surface area contributed by atoms with Crippen LogP contribution < -0.4 is 10.6 Å². The molecule has 36 heavy (non-hydrogen) atoms. The molecule has 6 nitrogen and oxygen atoms in total. The molecule has 6 rings (SSSR count). The largest absolute Gasteiger partial charge is 0.340 e. The van der Waals surface area contributed by atoms with E-state index in [1.807, 2.05) is 72.8 Å². The molecule has 0 saturated carbocycles. The topological polar surface area (TPSA) is 75.6 Å². The first-order valence-electron chi connectivity index (χ1n) is 12.3. The highest BCUT2D eigenvalue weighted by Crippen LogP contribution is 2.27. The van der Waals surface area contributed by atoms with E-state index >= 15 is 0 Å². The Morgan fingerprint density at radius 3 is 2.03 bits per heavy atom. The summed E-state index contributed by atoms with van der Waals surface area (Å²) in [6.45, 7) is 0. The minimum Gasteiger partial charge on any atom is -0.340 e. The first-order chi connectivity index (χ1) is 17.8. The number of aryl methyl sites for hydroxylation is 2.